The van der Waals surface area contributed by atoms with E-state index in [9.17, 15) is 9.59 Å². The number of fused-ring (bicyclic) bond motifs is 3. The standard InChI is InChI=1S/C20H24N4O3/c1-3-13(4-2)18-21-12-17-19(25)22-15-6-5-14(11-16(15)24(17)18)20(26)23-7-9-27-10-8-23/h5-6,11-13H,3-4,7-10H2,1-2H3,(H,22,25). The predicted octanol–water partition coefficient (Wildman–Crippen LogP) is 2.55. The molecule has 0 spiro atoms. The molecule has 1 saturated heterocycles. The minimum absolute atomic E-state index is 0.0104. The van der Waals surface area contributed by atoms with Gasteiger partial charge >= 0.3 is 0 Å². The molecule has 0 radical (unpaired) electrons. The van der Waals surface area contributed by atoms with Crippen molar-refractivity contribution in [1.29, 1.82) is 0 Å². The number of aromatic nitrogens is 3. The average Bonchev–Trinajstić information content (AvgIpc) is 3.15. The van der Waals surface area contributed by atoms with Crippen LogP contribution < -0.4 is 5.56 Å². The number of H-pyrrole nitrogens is 1. The fourth-order valence-corrected chi connectivity index (χ4v) is 3.81. The number of carbonyl (C=O) groups is 1. The van der Waals surface area contributed by atoms with Crippen LogP contribution in [0.4, 0.5) is 0 Å². The number of nitrogens with zero attached hydrogens (tertiary/aromatic N) is 3. The largest absolute Gasteiger partial charge is 0.378 e. The molecule has 1 aliphatic heterocycles. The monoisotopic (exact) mass is 368 g/mol. The SMILES string of the molecule is CCC(CC)c1ncc2c(=O)[nH]c3ccc(C(=O)N4CCOCC4)cc3n12. The quantitative estimate of drug-likeness (QED) is 0.767. The highest BCUT2D eigenvalue weighted by Gasteiger charge is 2.21. The van der Waals surface area contributed by atoms with Crippen LogP contribution in [0, 0.1) is 0 Å². The molecular formula is C20H24N4O3. The molecule has 0 saturated carbocycles. The predicted molar refractivity (Wildman–Crippen MR) is 103 cm³/mol. The van der Waals surface area contributed by atoms with Crippen molar-refractivity contribution in [3.63, 3.8) is 0 Å². The summed E-state index contributed by atoms with van der Waals surface area (Å²) in [5, 5.41) is 0. The van der Waals surface area contributed by atoms with Gasteiger partial charge in [-0.25, -0.2) is 4.98 Å². The van der Waals surface area contributed by atoms with Gasteiger partial charge in [0, 0.05) is 24.6 Å². The minimum Gasteiger partial charge on any atom is -0.378 e. The van der Waals surface area contributed by atoms with Crippen LogP contribution in [0.25, 0.3) is 16.6 Å². The van der Waals surface area contributed by atoms with Gasteiger partial charge in [-0.05, 0) is 31.0 Å². The number of aromatic amines is 1. The van der Waals surface area contributed by atoms with Crippen LogP contribution in [0.3, 0.4) is 0 Å². The smallest absolute Gasteiger partial charge is 0.274 e. The Labute approximate surface area is 157 Å². The minimum atomic E-state index is -0.167. The number of ether oxygens (including phenoxy) is 1. The lowest BCUT2D eigenvalue weighted by molar-refractivity contribution is 0.0303. The van der Waals surface area contributed by atoms with Crippen molar-refractivity contribution >= 4 is 22.5 Å². The third-order valence-corrected chi connectivity index (χ3v) is 5.40. The maximum Gasteiger partial charge on any atom is 0.274 e. The Morgan fingerprint density at radius 1 is 1.22 bits per heavy atom. The molecule has 27 heavy (non-hydrogen) atoms. The van der Waals surface area contributed by atoms with Crippen LogP contribution in [-0.4, -0.2) is 51.5 Å². The lowest BCUT2D eigenvalue weighted by Gasteiger charge is -2.27. The Balaban J connectivity index is 1.89. The molecule has 4 rings (SSSR count). The van der Waals surface area contributed by atoms with Gasteiger partial charge in [-0.15, -0.1) is 0 Å². The molecule has 7 heteroatoms. The van der Waals surface area contributed by atoms with E-state index in [1.807, 2.05) is 15.4 Å². The zero-order valence-corrected chi connectivity index (χ0v) is 15.7. The number of hydrogen-bond acceptors (Lipinski definition) is 4. The van der Waals surface area contributed by atoms with E-state index in [2.05, 4.69) is 23.8 Å². The summed E-state index contributed by atoms with van der Waals surface area (Å²) in [4.78, 5) is 34.6. The number of morpholine rings is 1. The molecule has 0 bridgehead atoms. The van der Waals surface area contributed by atoms with Crippen molar-refractivity contribution in [3.05, 3.63) is 46.1 Å². The van der Waals surface area contributed by atoms with Crippen molar-refractivity contribution in [3.8, 4) is 0 Å². The van der Waals surface area contributed by atoms with E-state index in [4.69, 9.17) is 4.74 Å². The number of nitrogens with one attached hydrogen (secondary N) is 1. The first-order valence-corrected chi connectivity index (χ1v) is 9.54. The van der Waals surface area contributed by atoms with Gasteiger partial charge in [-0.1, -0.05) is 13.8 Å². The molecule has 1 aliphatic rings. The van der Waals surface area contributed by atoms with E-state index >= 15 is 0 Å². The molecule has 1 aromatic carbocycles. The van der Waals surface area contributed by atoms with Crippen molar-refractivity contribution in [2.24, 2.45) is 0 Å². The van der Waals surface area contributed by atoms with Gasteiger partial charge in [-0.3, -0.25) is 14.0 Å². The van der Waals surface area contributed by atoms with Gasteiger partial charge in [0.15, 0.2) is 0 Å². The highest BCUT2D eigenvalue weighted by atomic mass is 16.5. The van der Waals surface area contributed by atoms with E-state index in [-0.39, 0.29) is 17.4 Å². The van der Waals surface area contributed by atoms with Crippen molar-refractivity contribution in [2.45, 2.75) is 32.6 Å². The average molecular weight is 368 g/mol. The lowest BCUT2D eigenvalue weighted by atomic mass is 10.0. The lowest BCUT2D eigenvalue weighted by Crippen LogP contribution is -2.40. The number of imidazole rings is 1. The van der Waals surface area contributed by atoms with E-state index in [0.29, 0.717) is 42.9 Å². The van der Waals surface area contributed by atoms with E-state index < -0.39 is 0 Å². The second-order valence-electron chi connectivity index (χ2n) is 6.94. The van der Waals surface area contributed by atoms with Gasteiger partial charge in [0.05, 0.1) is 30.4 Å². The second kappa shape index (κ2) is 7.15. The third-order valence-electron chi connectivity index (χ3n) is 5.40. The number of benzene rings is 1. The summed E-state index contributed by atoms with van der Waals surface area (Å²) in [6.45, 7) is 6.58. The van der Waals surface area contributed by atoms with E-state index in [1.165, 1.54) is 0 Å². The molecule has 3 aromatic rings. The maximum absolute atomic E-state index is 12.9. The van der Waals surface area contributed by atoms with Crippen molar-refractivity contribution in [2.75, 3.05) is 26.3 Å². The first-order chi connectivity index (χ1) is 13.1. The molecule has 0 unspecified atom stereocenters. The third kappa shape index (κ3) is 3.02. The van der Waals surface area contributed by atoms with Gasteiger partial charge in [0.2, 0.25) is 0 Å². The highest BCUT2D eigenvalue weighted by Crippen LogP contribution is 2.25. The number of rotatable bonds is 4. The molecule has 142 valence electrons. The Bertz CT molecular complexity index is 1040. The summed E-state index contributed by atoms with van der Waals surface area (Å²) in [5.41, 5.74) is 2.47. The molecule has 1 fully saturated rings. The summed E-state index contributed by atoms with van der Waals surface area (Å²) in [6, 6.07) is 5.44. The molecule has 2 aromatic heterocycles. The first-order valence-electron chi connectivity index (χ1n) is 9.54. The Morgan fingerprint density at radius 3 is 2.67 bits per heavy atom. The molecular weight excluding hydrogens is 344 g/mol. The van der Waals surface area contributed by atoms with Crippen LogP contribution in [0.15, 0.2) is 29.2 Å². The molecule has 7 nitrogen and oxygen atoms in total. The summed E-state index contributed by atoms with van der Waals surface area (Å²) in [7, 11) is 0. The maximum atomic E-state index is 12.9. The van der Waals surface area contributed by atoms with Gasteiger partial charge < -0.3 is 14.6 Å². The van der Waals surface area contributed by atoms with Gasteiger partial charge in [0.25, 0.3) is 11.5 Å². The fourth-order valence-electron chi connectivity index (χ4n) is 3.81. The fraction of sp³-hybridized carbons (Fsp3) is 0.450. The Hall–Kier alpha value is -2.67. The summed E-state index contributed by atoms with van der Waals surface area (Å²) < 4.78 is 7.26. The number of carbonyl (C=O) groups excluding carboxylic acids is 1. The van der Waals surface area contributed by atoms with E-state index in [1.54, 1.807) is 18.3 Å². The van der Waals surface area contributed by atoms with Crippen LogP contribution in [0.1, 0.15) is 48.8 Å². The number of hydrogen-bond donors (Lipinski definition) is 1. The Morgan fingerprint density at radius 2 is 1.96 bits per heavy atom. The first kappa shape index (κ1) is 17.7. The molecule has 1 amide bonds. The summed E-state index contributed by atoms with van der Waals surface area (Å²) in [5.74, 6) is 1.13. The van der Waals surface area contributed by atoms with Crippen LogP contribution in [0.5, 0.6) is 0 Å². The molecule has 1 N–H and O–H groups in total. The highest BCUT2D eigenvalue weighted by molar-refractivity contribution is 5.97. The second-order valence-corrected chi connectivity index (χ2v) is 6.94. The van der Waals surface area contributed by atoms with Crippen LogP contribution in [-0.2, 0) is 4.74 Å². The zero-order chi connectivity index (χ0) is 19.0. The topological polar surface area (TPSA) is 79.7 Å². The Kier molecular flexibility index (Phi) is 4.70. The molecule has 0 atom stereocenters. The number of amides is 1. The zero-order valence-electron chi connectivity index (χ0n) is 15.7. The molecule has 3 heterocycles. The van der Waals surface area contributed by atoms with E-state index in [0.717, 1.165) is 24.2 Å². The summed E-state index contributed by atoms with van der Waals surface area (Å²) >= 11 is 0. The van der Waals surface area contributed by atoms with Crippen LogP contribution >= 0.6 is 0 Å². The van der Waals surface area contributed by atoms with Crippen molar-refractivity contribution < 1.29 is 9.53 Å². The van der Waals surface area contributed by atoms with Crippen LogP contribution in [0.2, 0.25) is 0 Å². The van der Waals surface area contributed by atoms with Gasteiger partial charge in [-0.2, -0.15) is 0 Å². The normalized spacial score (nSPS) is 15.1. The van der Waals surface area contributed by atoms with Crippen molar-refractivity contribution in [1.82, 2.24) is 19.3 Å². The van der Waals surface area contributed by atoms with Gasteiger partial charge in [0.1, 0.15) is 11.3 Å². The molecule has 0 aliphatic carbocycles. The summed E-state index contributed by atoms with van der Waals surface area (Å²) in [6.07, 6.45) is 3.51.